The maximum Gasteiger partial charge on any atom is 0.236 e. The number of hydrogen-bond acceptors (Lipinski definition) is 6. The Balaban J connectivity index is 1.32. The van der Waals surface area contributed by atoms with Gasteiger partial charge in [0.25, 0.3) is 0 Å². The first-order valence-corrected chi connectivity index (χ1v) is 9.87. The van der Waals surface area contributed by atoms with Gasteiger partial charge in [0, 0.05) is 39.3 Å². The van der Waals surface area contributed by atoms with Crippen molar-refractivity contribution in [3.05, 3.63) is 11.7 Å². The molecule has 1 saturated carbocycles. The summed E-state index contributed by atoms with van der Waals surface area (Å²) >= 11 is 0. The first kappa shape index (κ1) is 17.9. The number of piperidine rings is 1. The summed E-state index contributed by atoms with van der Waals surface area (Å²) in [7, 11) is 1.81. The average molecular weight is 362 g/mol. The molecule has 7 nitrogen and oxygen atoms in total. The molecule has 4 rings (SSSR count). The molecule has 0 radical (unpaired) electrons. The van der Waals surface area contributed by atoms with Crippen molar-refractivity contribution >= 4 is 5.91 Å². The lowest BCUT2D eigenvalue weighted by Gasteiger charge is -2.39. The third-order valence-corrected chi connectivity index (χ3v) is 6.32. The van der Waals surface area contributed by atoms with E-state index in [1.165, 1.54) is 32.4 Å². The van der Waals surface area contributed by atoms with E-state index in [1.54, 1.807) is 14.0 Å². The van der Waals surface area contributed by atoms with E-state index in [9.17, 15) is 4.79 Å². The highest BCUT2D eigenvalue weighted by atomic mass is 16.5. The van der Waals surface area contributed by atoms with Gasteiger partial charge in [0.05, 0.1) is 6.61 Å². The highest BCUT2D eigenvalue weighted by Gasteiger charge is 2.46. The van der Waals surface area contributed by atoms with Gasteiger partial charge >= 0.3 is 0 Å². The minimum atomic E-state index is 0.102. The fourth-order valence-electron chi connectivity index (χ4n) is 4.70. The van der Waals surface area contributed by atoms with E-state index < -0.39 is 0 Å². The van der Waals surface area contributed by atoms with Gasteiger partial charge in [-0.15, -0.1) is 0 Å². The number of carbonyl (C=O) groups excluding carboxylic acids is 1. The largest absolute Gasteiger partial charge is 0.383 e. The van der Waals surface area contributed by atoms with E-state index in [4.69, 9.17) is 9.26 Å². The van der Waals surface area contributed by atoms with Crippen molar-refractivity contribution in [2.45, 2.75) is 51.5 Å². The van der Waals surface area contributed by atoms with Crippen molar-refractivity contribution in [1.29, 1.82) is 0 Å². The third kappa shape index (κ3) is 3.93. The van der Waals surface area contributed by atoms with Gasteiger partial charge in [-0.1, -0.05) is 5.16 Å². The fraction of sp³-hybridized carbons (Fsp3) is 0.842. The van der Waals surface area contributed by atoms with Gasteiger partial charge in [-0.2, -0.15) is 4.98 Å². The van der Waals surface area contributed by atoms with Crippen LogP contribution < -0.4 is 0 Å². The molecule has 2 aliphatic heterocycles. The van der Waals surface area contributed by atoms with Crippen molar-refractivity contribution in [2.75, 3.05) is 39.9 Å². The SMILES string of the molecule is COCC1CC2(CCN(C(=O)Cc3nc(C)no3)CC2)CN1CC1CC1. The van der Waals surface area contributed by atoms with Crippen LogP contribution in [0.4, 0.5) is 0 Å². The van der Waals surface area contributed by atoms with E-state index in [2.05, 4.69) is 15.0 Å². The maximum absolute atomic E-state index is 12.5. The molecule has 1 aliphatic carbocycles. The van der Waals surface area contributed by atoms with Crippen molar-refractivity contribution in [2.24, 2.45) is 11.3 Å². The van der Waals surface area contributed by atoms with E-state index in [-0.39, 0.29) is 12.3 Å². The molecule has 2 saturated heterocycles. The van der Waals surface area contributed by atoms with E-state index in [1.807, 2.05) is 4.90 Å². The Morgan fingerprint density at radius 1 is 1.35 bits per heavy atom. The van der Waals surface area contributed by atoms with Crippen LogP contribution in [-0.2, 0) is 16.0 Å². The fourth-order valence-corrected chi connectivity index (χ4v) is 4.70. The number of likely N-dealkylation sites (tertiary alicyclic amines) is 2. The second-order valence-corrected chi connectivity index (χ2v) is 8.48. The molecule has 144 valence electrons. The molecule has 3 aliphatic rings. The Hall–Kier alpha value is -1.47. The molecule has 0 bridgehead atoms. The highest BCUT2D eigenvalue weighted by molar-refractivity contribution is 5.77. The molecule has 1 aromatic heterocycles. The molecular weight excluding hydrogens is 332 g/mol. The zero-order chi connectivity index (χ0) is 18.1. The minimum absolute atomic E-state index is 0.102. The Bertz CT molecular complexity index is 634. The van der Waals surface area contributed by atoms with Crippen LogP contribution in [0.5, 0.6) is 0 Å². The van der Waals surface area contributed by atoms with E-state index in [0.717, 1.165) is 38.5 Å². The van der Waals surface area contributed by atoms with E-state index >= 15 is 0 Å². The summed E-state index contributed by atoms with van der Waals surface area (Å²) in [5.74, 6) is 2.01. The van der Waals surface area contributed by atoms with Gasteiger partial charge in [-0.25, -0.2) is 0 Å². The molecule has 0 aromatic carbocycles. The van der Waals surface area contributed by atoms with Crippen LogP contribution in [0.25, 0.3) is 0 Å². The highest BCUT2D eigenvalue weighted by Crippen LogP contribution is 2.45. The lowest BCUT2D eigenvalue weighted by molar-refractivity contribution is -0.133. The zero-order valence-corrected chi connectivity index (χ0v) is 15.9. The number of rotatable bonds is 6. The monoisotopic (exact) mass is 362 g/mol. The Morgan fingerprint density at radius 2 is 2.12 bits per heavy atom. The van der Waals surface area contributed by atoms with Crippen LogP contribution in [0, 0.1) is 18.3 Å². The molecule has 1 amide bonds. The number of hydrogen-bond donors (Lipinski definition) is 0. The molecular formula is C19H30N4O3. The van der Waals surface area contributed by atoms with Crippen LogP contribution in [0.2, 0.25) is 0 Å². The summed E-state index contributed by atoms with van der Waals surface area (Å²) in [5.41, 5.74) is 0.357. The van der Waals surface area contributed by atoms with Gasteiger partial charge in [0.2, 0.25) is 11.8 Å². The topological polar surface area (TPSA) is 71.7 Å². The maximum atomic E-state index is 12.5. The summed E-state index contributed by atoms with van der Waals surface area (Å²) in [4.78, 5) is 21.3. The molecule has 1 atom stereocenters. The predicted molar refractivity (Wildman–Crippen MR) is 95.6 cm³/mol. The molecule has 1 aromatic rings. The van der Waals surface area contributed by atoms with Gasteiger partial charge in [-0.3, -0.25) is 9.69 Å². The summed E-state index contributed by atoms with van der Waals surface area (Å²) in [6, 6.07) is 0.546. The predicted octanol–water partition coefficient (Wildman–Crippen LogP) is 1.66. The first-order chi connectivity index (χ1) is 12.6. The molecule has 7 heteroatoms. The number of ether oxygens (including phenoxy) is 1. The Kier molecular flexibility index (Phi) is 5.01. The number of methoxy groups -OCH3 is 1. The van der Waals surface area contributed by atoms with Gasteiger partial charge in [0.1, 0.15) is 6.42 Å². The first-order valence-electron chi connectivity index (χ1n) is 9.87. The summed E-state index contributed by atoms with van der Waals surface area (Å²) in [6.45, 7) is 6.67. The Morgan fingerprint density at radius 3 is 2.73 bits per heavy atom. The number of amides is 1. The molecule has 1 spiro atoms. The quantitative estimate of drug-likeness (QED) is 0.766. The van der Waals surface area contributed by atoms with Crippen LogP contribution in [0.1, 0.15) is 43.8 Å². The van der Waals surface area contributed by atoms with Crippen LogP contribution in [-0.4, -0.2) is 71.8 Å². The lowest BCUT2D eigenvalue weighted by atomic mass is 9.76. The smallest absolute Gasteiger partial charge is 0.236 e. The molecule has 3 heterocycles. The number of aryl methyl sites for hydroxylation is 1. The summed E-state index contributed by atoms with van der Waals surface area (Å²) in [5, 5.41) is 3.76. The molecule has 3 fully saturated rings. The van der Waals surface area contributed by atoms with Crippen molar-refractivity contribution < 1.29 is 14.1 Å². The standard InChI is InChI=1S/C19H30N4O3/c1-14-20-17(26-21-14)9-18(24)22-7-5-19(6-8-22)10-16(12-25-2)23(13-19)11-15-3-4-15/h15-16H,3-13H2,1-2H3. The van der Waals surface area contributed by atoms with E-state index in [0.29, 0.717) is 23.2 Å². The van der Waals surface area contributed by atoms with Crippen LogP contribution >= 0.6 is 0 Å². The van der Waals surface area contributed by atoms with Gasteiger partial charge < -0.3 is 14.2 Å². The van der Waals surface area contributed by atoms with Crippen molar-refractivity contribution in [3.63, 3.8) is 0 Å². The third-order valence-electron chi connectivity index (χ3n) is 6.32. The number of nitrogens with zero attached hydrogens (tertiary/aromatic N) is 4. The van der Waals surface area contributed by atoms with Gasteiger partial charge in [0.15, 0.2) is 5.82 Å². The normalized spacial score (nSPS) is 25.9. The minimum Gasteiger partial charge on any atom is -0.383 e. The number of carbonyl (C=O) groups is 1. The zero-order valence-electron chi connectivity index (χ0n) is 15.9. The van der Waals surface area contributed by atoms with Crippen molar-refractivity contribution in [1.82, 2.24) is 19.9 Å². The van der Waals surface area contributed by atoms with Crippen LogP contribution in [0.3, 0.4) is 0 Å². The van der Waals surface area contributed by atoms with Crippen molar-refractivity contribution in [3.8, 4) is 0 Å². The second-order valence-electron chi connectivity index (χ2n) is 8.48. The Labute approximate surface area is 155 Å². The molecule has 0 N–H and O–H groups in total. The molecule has 1 unspecified atom stereocenters. The number of aromatic nitrogens is 2. The van der Waals surface area contributed by atoms with Gasteiger partial charge in [-0.05, 0) is 50.4 Å². The lowest BCUT2D eigenvalue weighted by Crippen LogP contribution is -2.45. The van der Waals surface area contributed by atoms with Crippen LogP contribution in [0.15, 0.2) is 4.52 Å². The summed E-state index contributed by atoms with van der Waals surface area (Å²) in [6.07, 6.45) is 6.37. The molecule has 26 heavy (non-hydrogen) atoms. The summed E-state index contributed by atoms with van der Waals surface area (Å²) < 4.78 is 10.6. The average Bonchev–Trinajstić information content (AvgIpc) is 3.25. The second kappa shape index (κ2) is 7.27.